The van der Waals surface area contributed by atoms with Gasteiger partial charge in [-0.15, -0.1) is 0 Å². The van der Waals surface area contributed by atoms with E-state index in [0.717, 1.165) is 41.4 Å². The van der Waals surface area contributed by atoms with Crippen LogP contribution in [0.3, 0.4) is 0 Å². The second kappa shape index (κ2) is 5.33. The van der Waals surface area contributed by atoms with Gasteiger partial charge in [0.2, 0.25) is 19.3 Å². The highest BCUT2D eigenvalue weighted by atomic mass is 16.7. The molecule has 2 aliphatic rings. The first-order chi connectivity index (χ1) is 10.8. The third-order valence-corrected chi connectivity index (χ3v) is 3.86. The van der Waals surface area contributed by atoms with Gasteiger partial charge in [0.25, 0.3) is 0 Å². The number of benzene rings is 2. The summed E-state index contributed by atoms with van der Waals surface area (Å²) in [4.78, 5) is 0. The predicted octanol–water partition coefficient (Wildman–Crippen LogP) is 2.94. The van der Waals surface area contributed by atoms with Crippen molar-refractivity contribution in [3.63, 3.8) is 0 Å². The van der Waals surface area contributed by atoms with Crippen molar-refractivity contribution in [2.75, 3.05) is 20.7 Å². The van der Waals surface area contributed by atoms with E-state index in [2.05, 4.69) is 6.07 Å². The zero-order valence-corrected chi connectivity index (χ0v) is 12.3. The minimum atomic E-state index is 0.247. The number of rotatable bonds is 4. The van der Waals surface area contributed by atoms with Crippen molar-refractivity contribution < 1.29 is 23.7 Å². The van der Waals surface area contributed by atoms with Crippen molar-refractivity contribution in [3.8, 4) is 28.7 Å². The second-order valence-corrected chi connectivity index (χ2v) is 5.22. The van der Waals surface area contributed by atoms with Crippen LogP contribution in [-0.2, 0) is 12.8 Å². The number of methoxy groups -OCH3 is 1. The van der Waals surface area contributed by atoms with Crippen molar-refractivity contribution in [2.45, 2.75) is 12.8 Å². The number of hydrogen-bond donors (Lipinski definition) is 0. The van der Waals surface area contributed by atoms with E-state index in [1.165, 1.54) is 5.56 Å². The van der Waals surface area contributed by atoms with Gasteiger partial charge in [0.05, 0.1) is 7.11 Å². The van der Waals surface area contributed by atoms with E-state index in [9.17, 15) is 0 Å². The minimum Gasteiger partial charge on any atom is -0.493 e. The van der Waals surface area contributed by atoms with Crippen molar-refractivity contribution in [2.24, 2.45) is 0 Å². The van der Waals surface area contributed by atoms with Gasteiger partial charge in [-0.25, -0.2) is 0 Å². The van der Waals surface area contributed by atoms with Gasteiger partial charge in [0, 0.05) is 0 Å². The molecule has 5 heteroatoms. The first-order valence-electron chi connectivity index (χ1n) is 7.18. The number of hydrogen-bond acceptors (Lipinski definition) is 5. The number of aryl methyl sites for hydroxylation is 2. The summed E-state index contributed by atoms with van der Waals surface area (Å²) in [6, 6.07) is 10.1. The molecule has 2 aliphatic heterocycles. The average Bonchev–Trinajstić information content (AvgIpc) is 3.20. The smallest absolute Gasteiger partial charge is 0.231 e. The van der Waals surface area contributed by atoms with E-state index in [1.807, 2.05) is 24.3 Å². The molecular weight excluding hydrogens is 284 g/mol. The molecule has 0 bridgehead atoms. The first-order valence-corrected chi connectivity index (χ1v) is 7.18. The van der Waals surface area contributed by atoms with Crippen LogP contribution < -0.4 is 23.7 Å². The molecule has 0 fully saturated rings. The zero-order valence-electron chi connectivity index (χ0n) is 12.3. The molecule has 2 aromatic carbocycles. The molecule has 0 radical (unpaired) electrons. The van der Waals surface area contributed by atoms with E-state index in [0.29, 0.717) is 12.5 Å². The van der Waals surface area contributed by atoms with Gasteiger partial charge in [0.15, 0.2) is 23.0 Å². The Balaban J connectivity index is 1.52. The van der Waals surface area contributed by atoms with Crippen LogP contribution >= 0.6 is 0 Å². The van der Waals surface area contributed by atoms with Crippen LogP contribution in [0.4, 0.5) is 0 Å². The van der Waals surface area contributed by atoms with Crippen LogP contribution in [0.2, 0.25) is 0 Å². The lowest BCUT2D eigenvalue weighted by molar-refractivity contribution is 0.171. The molecule has 5 nitrogen and oxygen atoms in total. The van der Waals surface area contributed by atoms with E-state index in [-0.39, 0.29) is 6.79 Å². The summed E-state index contributed by atoms with van der Waals surface area (Å²) >= 11 is 0. The van der Waals surface area contributed by atoms with E-state index in [4.69, 9.17) is 23.7 Å². The van der Waals surface area contributed by atoms with Gasteiger partial charge in [-0.05, 0) is 48.2 Å². The van der Waals surface area contributed by atoms with Gasteiger partial charge >= 0.3 is 0 Å². The summed E-state index contributed by atoms with van der Waals surface area (Å²) in [6.45, 7) is 0.551. The molecule has 0 saturated carbocycles. The number of ether oxygens (including phenoxy) is 5. The SMILES string of the molecule is COc1cc(CCc2ccc3c(c2)OCO3)cc2c1OCO2. The summed E-state index contributed by atoms with van der Waals surface area (Å²) in [5, 5.41) is 0. The molecule has 0 aromatic heterocycles. The van der Waals surface area contributed by atoms with Crippen LogP contribution in [0.5, 0.6) is 28.7 Å². The van der Waals surface area contributed by atoms with Crippen LogP contribution in [0, 0.1) is 0 Å². The Morgan fingerprint density at radius 1 is 0.818 bits per heavy atom. The number of fused-ring (bicyclic) bond motifs is 2. The summed E-state index contributed by atoms with van der Waals surface area (Å²) in [5.41, 5.74) is 2.36. The monoisotopic (exact) mass is 300 g/mol. The molecule has 4 rings (SSSR count). The summed E-state index contributed by atoms with van der Waals surface area (Å²) in [5.74, 6) is 3.79. The lowest BCUT2D eigenvalue weighted by atomic mass is 10.0. The Kier molecular flexibility index (Phi) is 3.18. The predicted molar refractivity (Wildman–Crippen MR) is 79.1 cm³/mol. The Labute approximate surface area is 128 Å². The Bertz CT molecular complexity index is 710. The highest BCUT2D eigenvalue weighted by molar-refractivity contribution is 5.55. The lowest BCUT2D eigenvalue weighted by Crippen LogP contribution is -1.94. The van der Waals surface area contributed by atoms with E-state index >= 15 is 0 Å². The fourth-order valence-electron chi connectivity index (χ4n) is 2.71. The average molecular weight is 300 g/mol. The highest BCUT2D eigenvalue weighted by Crippen LogP contribution is 2.42. The first kappa shape index (κ1) is 13.1. The maximum absolute atomic E-state index is 5.46. The molecular formula is C17H16O5. The normalized spacial score (nSPS) is 14.2. The fourth-order valence-corrected chi connectivity index (χ4v) is 2.71. The van der Waals surface area contributed by atoms with Gasteiger partial charge in [-0.1, -0.05) is 6.07 Å². The molecule has 114 valence electrons. The second-order valence-electron chi connectivity index (χ2n) is 5.22. The molecule has 0 atom stereocenters. The molecule has 0 spiro atoms. The van der Waals surface area contributed by atoms with Gasteiger partial charge in [-0.2, -0.15) is 0 Å². The standard InChI is InChI=1S/C17H16O5/c1-18-15-7-12(8-16-17(15)22-10-21-16)3-2-11-4-5-13-14(6-11)20-9-19-13/h4-8H,2-3,9-10H2,1H3. The zero-order chi connectivity index (χ0) is 14.9. The Hall–Kier alpha value is -2.56. The fraction of sp³-hybridized carbons (Fsp3) is 0.294. The van der Waals surface area contributed by atoms with Crippen molar-refractivity contribution in [1.29, 1.82) is 0 Å². The molecule has 2 heterocycles. The van der Waals surface area contributed by atoms with Crippen molar-refractivity contribution in [3.05, 3.63) is 41.5 Å². The van der Waals surface area contributed by atoms with Gasteiger partial charge in [0.1, 0.15) is 0 Å². The molecule has 0 saturated heterocycles. The van der Waals surface area contributed by atoms with Crippen LogP contribution in [0.15, 0.2) is 30.3 Å². The van der Waals surface area contributed by atoms with Gasteiger partial charge < -0.3 is 23.7 Å². The van der Waals surface area contributed by atoms with Crippen LogP contribution in [-0.4, -0.2) is 20.7 Å². The third-order valence-electron chi connectivity index (χ3n) is 3.86. The maximum Gasteiger partial charge on any atom is 0.231 e. The molecule has 0 unspecified atom stereocenters. The molecule has 2 aromatic rings. The maximum atomic E-state index is 5.46. The van der Waals surface area contributed by atoms with Crippen molar-refractivity contribution in [1.82, 2.24) is 0 Å². The Morgan fingerprint density at radius 2 is 1.55 bits per heavy atom. The molecule has 0 amide bonds. The lowest BCUT2D eigenvalue weighted by Gasteiger charge is -2.08. The highest BCUT2D eigenvalue weighted by Gasteiger charge is 2.20. The quantitative estimate of drug-likeness (QED) is 0.868. The molecule has 0 aliphatic carbocycles. The van der Waals surface area contributed by atoms with E-state index < -0.39 is 0 Å². The van der Waals surface area contributed by atoms with Gasteiger partial charge in [-0.3, -0.25) is 0 Å². The van der Waals surface area contributed by atoms with E-state index in [1.54, 1.807) is 7.11 Å². The summed E-state index contributed by atoms with van der Waals surface area (Å²) in [6.07, 6.45) is 1.78. The Morgan fingerprint density at radius 3 is 2.45 bits per heavy atom. The largest absolute Gasteiger partial charge is 0.493 e. The topological polar surface area (TPSA) is 46.2 Å². The van der Waals surface area contributed by atoms with Crippen LogP contribution in [0.25, 0.3) is 0 Å². The van der Waals surface area contributed by atoms with Crippen LogP contribution in [0.1, 0.15) is 11.1 Å². The summed E-state index contributed by atoms with van der Waals surface area (Å²) < 4.78 is 27.0. The molecule has 0 N–H and O–H groups in total. The van der Waals surface area contributed by atoms with Crippen molar-refractivity contribution >= 4 is 0 Å². The third kappa shape index (κ3) is 2.28. The summed E-state index contributed by atoms with van der Waals surface area (Å²) in [7, 11) is 1.64. The molecule has 22 heavy (non-hydrogen) atoms. The minimum absolute atomic E-state index is 0.247.